The van der Waals surface area contributed by atoms with Gasteiger partial charge in [-0.05, 0) is 43.2 Å². The lowest BCUT2D eigenvalue weighted by atomic mass is 10.0. The predicted octanol–water partition coefficient (Wildman–Crippen LogP) is 3.60. The quantitative estimate of drug-likeness (QED) is 0.487. The van der Waals surface area contributed by atoms with Crippen LogP contribution in [0.2, 0.25) is 5.02 Å². The summed E-state index contributed by atoms with van der Waals surface area (Å²) in [7, 11) is 0. The van der Waals surface area contributed by atoms with Gasteiger partial charge < -0.3 is 15.2 Å². The van der Waals surface area contributed by atoms with E-state index < -0.39 is 0 Å². The monoisotopic (exact) mass is 449 g/mol. The molecule has 0 bridgehead atoms. The van der Waals surface area contributed by atoms with Gasteiger partial charge in [-0.3, -0.25) is 14.3 Å². The number of hydrogen-bond acceptors (Lipinski definition) is 4. The minimum Gasteiger partial charge on any atom is -0.351 e. The number of rotatable bonds is 5. The SMILES string of the molecule is O=C(NCCN1CCC(n2c(=O)[nH]c3cc(Cl)ccc32)CC1)c1cnc2ccccc2c1. The Balaban J connectivity index is 1.15. The van der Waals surface area contributed by atoms with E-state index in [0.717, 1.165) is 54.4 Å². The molecular formula is C24H24ClN5O2. The molecular weight excluding hydrogens is 426 g/mol. The molecule has 1 fully saturated rings. The summed E-state index contributed by atoms with van der Waals surface area (Å²) in [5, 5.41) is 4.56. The Bertz CT molecular complexity index is 1340. The molecule has 8 heteroatoms. The normalized spacial score (nSPS) is 15.4. The van der Waals surface area contributed by atoms with Gasteiger partial charge in [-0.2, -0.15) is 0 Å². The number of nitrogens with one attached hydrogen (secondary N) is 2. The van der Waals surface area contributed by atoms with Crippen molar-refractivity contribution >= 4 is 39.4 Å². The number of halogens is 1. The average Bonchev–Trinajstić information content (AvgIpc) is 3.13. The van der Waals surface area contributed by atoms with Crippen LogP contribution in [0.3, 0.4) is 0 Å². The highest BCUT2D eigenvalue weighted by molar-refractivity contribution is 6.31. The number of amides is 1. The predicted molar refractivity (Wildman–Crippen MR) is 126 cm³/mol. The number of aromatic amines is 1. The number of benzene rings is 2. The van der Waals surface area contributed by atoms with Crippen molar-refractivity contribution in [2.75, 3.05) is 26.2 Å². The van der Waals surface area contributed by atoms with Crippen LogP contribution in [-0.4, -0.2) is 51.5 Å². The maximum absolute atomic E-state index is 12.5. The summed E-state index contributed by atoms with van der Waals surface area (Å²) in [6.07, 6.45) is 3.39. The number of piperidine rings is 1. The molecule has 7 nitrogen and oxygen atoms in total. The van der Waals surface area contributed by atoms with Gasteiger partial charge in [0.2, 0.25) is 0 Å². The lowest BCUT2D eigenvalue weighted by Crippen LogP contribution is -2.41. The molecule has 0 saturated carbocycles. The Morgan fingerprint density at radius 2 is 1.97 bits per heavy atom. The molecule has 1 saturated heterocycles. The molecule has 32 heavy (non-hydrogen) atoms. The van der Waals surface area contributed by atoms with Crippen LogP contribution in [0.5, 0.6) is 0 Å². The molecule has 1 aliphatic heterocycles. The molecule has 164 valence electrons. The van der Waals surface area contributed by atoms with Crippen molar-refractivity contribution in [2.45, 2.75) is 18.9 Å². The number of likely N-dealkylation sites (tertiary alicyclic amines) is 1. The van der Waals surface area contributed by atoms with Crippen molar-refractivity contribution in [3.05, 3.63) is 75.8 Å². The maximum Gasteiger partial charge on any atom is 0.326 e. The first-order valence-electron chi connectivity index (χ1n) is 10.8. The van der Waals surface area contributed by atoms with Gasteiger partial charge >= 0.3 is 5.69 Å². The summed E-state index contributed by atoms with van der Waals surface area (Å²) in [6, 6.07) is 15.3. The van der Waals surface area contributed by atoms with Gasteiger partial charge in [-0.15, -0.1) is 0 Å². The van der Waals surface area contributed by atoms with Crippen LogP contribution in [0.1, 0.15) is 29.2 Å². The van der Waals surface area contributed by atoms with E-state index in [2.05, 4.69) is 20.2 Å². The highest BCUT2D eigenvalue weighted by Crippen LogP contribution is 2.26. The van der Waals surface area contributed by atoms with Crippen LogP contribution in [0.15, 0.2) is 59.5 Å². The van der Waals surface area contributed by atoms with Gasteiger partial charge in [0.15, 0.2) is 0 Å². The van der Waals surface area contributed by atoms with E-state index in [4.69, 9.17) is 11.6 Å². The van der Waals surface area contributed by atoms with Gasteiger partial charge in [0.25, 0.3) is 5.91 Å². The summed E-state index contributed by atoms with van der Waals surface area (Å²) in [4.78, 5) is 34.6. The zero-order chi connectivity index (χ0) is 22.1. The van der Waals surface area contributed by atoms with Crippen molar-refractivity contribution < 1.29 is 4.79 Å². The molecule has 3 heterocycles. The molecule has 0 aliphatic carbocycles. The third-order valence-electron chi connectivity index (χ3n) is 6.17. The first kappa shape index (κ1) is 20.7. The number of fused-ring (bicyclic) bond motifs is 2. The average molecular weight is 450 g/mol. The fourth-order valence-corrected chi connectivity index (χ4v) is 4.66. The smallest absolute Gasteiger partial charge is 0.326 e. The van der Waals surface area contributed by atoms with E-state index in [9.17, 15) is 9.59 Å². The van der Waals surface area contributed by atoms with E-state index >= 15 is 0 Å². The molecule has 5 rings (SSSR count). The highest BCUT2D eigenvalue weighted by Gasteiger charge is 2.23. The van der Waals surface area contributed by atoms with Gasteiger partial charge in [0.05, 0.1) is 22.1 Å². The molecule has 2 N–H and O–H groups in total. The van der Waals surface area contributed by atoms with Gasteiger partial charge in [-0.1, -0.05) is 29.8 Å². The maximum atomic E-state index is 12.5. The van der Waals surface area contributed by atoms with Crippen molar-refractivity contribution in [3.8, 4) is 0 Å². The molecule has 0 radical (unpaired) electrons. The number of nitrogens with zero attached hydrogens (tertiary/aromatic N) is 3. The summed E-state index contributed by atoms with van der Waals surface area (Å²) in [6.45, 7) is 3.11. The van der Waals surface area contributed by atoms with Crippen LogP contribution in [0.4, 0.5) is 0 Å². The fraction of sp³-hybridized carbons (Fsp3) is 0.292. The first-order chi connectivity index (χ1) is 15.6. The molecule has 2 aromatic carbocycles. The Morgan fingerprint density at radius 3 is 2.81 bits per heavy atom. The Kier molecular flexibility index (Phi) is 5.68. The largest absolute Gasteiger partial charge is 0.351 e. The topological polar surface area (TPSA) is 83.0 Å². The van der Waals surface area contributed by atoms with Crippen LogP contribution in [0, 0.1) is 0 Å². The van der Waals surface area contributed by atoms with E-state index in [1.54, 1.807) is 12.3 Å². The lowest BCUT2D eigenvalue weighted by molar-refractivity contribution is 0.0944. The van der Waals surface area contributed by atoms with Crippen molar-refractivity contribution in [1.82, 2.24) is 24.8 Å². The van der Waals surface area contributed by atoms with Crippen molar-refractivity contribution in [1.29, 1.82) is 0 Å². The van der Waals surface area contributed by atoms with Gasteiger partial charge in [0.1, 0.15) is 0 Å². The third kappa shape index (κ3) is 4.13. The van der Waals surface area contributed by atoms with Crippen LogP contribution in [-0.2, 0) is 0 Å². The van der Waals surface area contributed by atoms with Gasteiger partial charge in [0, 0.05) is 48.8 Å². The standard InChI is InChI=1S/C24H24ClN5O2/c25-18-5-6-22-21(14-18)28-24(32)30(22)19-7-10-29(11-8-19)12-9-26-23(31)17-13-16-3-1-2-4-20(16)27-15-17/h1-6,13-15,19H,7-12H2,(H,26,31)(H,28,32). The molecule has 0 spiro atoms. The number of para-hydroxylation sites is 1. The molecule has 4 aromatic rings. The second kappa shape index (κ2) is 8.76. The number of hydrogen-bond donors (Lipinski definition) is 2. The molecule has 0 atom stereocenters. The number of H-pyrrole nitrogens is 1. The number of carbonyl (C=O) groups is 1. The second-order valence-electron chi connectivity index (χ2n) is 8.21. The van der Waals surface area contributed by atoms with Gasteiger partial charge in [-0.25, -0.2) is 4.79 Å². The first-order valence-corrected chi connectivity index (χ1v) is 11.2. The number of imidazole rings is 1. The van der Waals surface area contributed by atoms with E-state index in [1.807, 2.05) is 47.0 Å². The van der Waals surface area contributed by atoms with E-state index in [0.29, 0.717) is 17.1 Å². The van der Waals surface area contributed by atoms with Crippen LogP contribution < -0.4 is 11.0 Å². The van der Waals surface area contributed by atoms with Crippen molar-refractivity contribution in [2.24, 2.45) is 0 Å². The number of aromatic nitrogens is 3. The summed E-state index contributed by atoms with van der Waals surface area (Å²) >= 11 is 6.05. The molecule has 0 unspecified atom stereocenters. The second-order valence-corrected chi connectivity index (χ2v) is 8.64. The number of carbonyl (C=O) groups excluding carboxylic acids is 1. The minimum atomic E-state index is -0.109. The van der Waals surface area contributed by atoms with Crippen molar-refractivity contribution in [3.63, 3.8) is 0 Å². The van der Waals surface area contributed by atoms with Crippen LogP contribution in [0.25, 0.3) is 21.9 Å². The minimum absolute atomic E-state index is 0.0861. The molecule has 1 amide bonds. The fourth-order valence-electron chi connectivity index (χ4n) is 4.49. The number of pyridine rings is 1. The zero-order valence-electron chi connectivity index (χ0n) is 17.6. The zero-order valence-corrected chi connectivity index (χ0v) is 18.3. The summed E-state index contributed by atoms with van der Waals surface area (Å²) in [5.41, 5.74) is 3.03. The molecule has 2 aromatic heterocycles. The van der Waals surface area contributed by atoms with Crippen LogP contribution >= 0.6 is 11.6 Å². The lowest BCUT2D eigenvalue weighted by Gasteiger charge is -2.32. The Hall–Kier alpha value is -3.16. The van der Waals surface area contributed by atoms with E-state index in [1.165, 1.54) is 0 Å². The summed E-state index contributed by atoms with van der Waals surface area (Å²) < 4.78 is 1.86. The Labute approximate surface area is 190 Å². The molecule has 1 aliphatic rings. The van der Waals surface area contributed by atoms with E-state index in [-0.39, 0.29) is 17.6 Å². The summed E-state index contributed by atoms with van der Waals surface area (Å²) in [5.74, 6) is -0.109. The highest BCUT2D eigenvalue weighted by atomic mass is 35.5. The Morgan fingerprint density at radius 1 is 1.16 bits per heavy atom. The third-order valence-corrected chi connectivity index (χ3v) is 6.40.